The number of fused-ring (bicyclic) bond motifs is 2. The van der Waals surface area contributed by atoms with E-state index in [1.165, 1.54) is 31.2 Å². The fourth-order valence-electron chi connectivity index (χ4n) is 4.44. The van der Waals surface area contributed by atoms with E-state index < -0.39 is 0 Å². The molecule has 0 aliphatic heterocycles. The minimum Gasteiger partial charge on any atom is -0.444 e. The summed E-state index contributed by atoms with van der Waals surface area (Å²) in [7, 11) is 3.51. The van der Waals surface area contributed by atoms with Crippen LogP contribution < -0.4 is 10.6 Å². The SMILES string of the molecule is Cc1ccc(-c2nc(CN=C(NCC(=O)N(C)C)NC3CC4CCC3C4)co2)cc1.I. The fraction of sp³-hybridized carbons (Fsp3) is 0.522. The maximum absolute atomic E-state index is 12.0. The average molecular weight is 537 g/mol. The van der Waals surface area contributed by atoms with Crippen LogP contribution in [0, 0.1) is 18.8 Å². The Hall–Kier alpha value is -2.10. The van der Waals surface area contributed by atoms with Gasteiger partial charge < -0.3 is 20.0 Å². The number of aliphatic imine (C=N–C) groups is 1. The number of hydrogen-bond acceptors (Lipinski definition) is 4. The molecule has 7 nitrogen and oxygen atoms in total. The number of carbonyl (C=O) groups excluding carboxylic acids is 1. The standard InChI is InChI=1S/C23H31N5O2.HI/c1-15-4-7-17(8-5-15)22-26-19(14-30-22)12-24-23(25-13-21(29)28(2)3)27-20-11-16-6-9-18(20)10-16;/h4-5,7-8,14,16,18,20H,6,9-13H2,1-3H3,(H2,24,25,27);1H. The molecule has 2 N–H and O–H groups in total. The molecular formula is C23H32IN5O2. The van der Waals surface area contributed by atoms with Crippen LogP contribution in [0.25, 0.3) is 11.5 Å². The minimum atomic E-state index is 0. The Morgan fingerprint density at radius 1 is 1.23 bits per heavy atom. The number of hydrogen-bond donors (Lipinski definition) is 2. The first kappa shape index (κ1) is 23.6. The summed E-state index contributed by atoms with van der Waals surface area (Å²) in [5.74, 6) is 2.83. The summed E-state index contributed by atoms with van der Waals surface area (Å²) < 4.78 is 5.64. The highest BCUT2D eigenvalue weighted by Crippen LogP contribution is 2.44. The highest BCUT2D eigenvalue weighted by atomic mass is 127. The molecule has 1 aromatic carbocycles. The molecule has 4 rings (SSSR count). The van der Waals surface area contributed by atoms with E-state index in [0.717, 1.165) is 17.2 Å². The molecule has 2 aliphatic carbocycles. The predicted molar refractivity (Wildman–Crippen MR) is 132 cm³/mol. The molecule has 3 unspecified atom stereocenters. The van der Waals surface area contributed by atoms with Gasteiger partial charge in [0.15, 0.2) is 5.96 Å². The van der Waals surface area contributed by atoms with E-state index in [4.69, 9.17) is 9.41 Å². The molecule has 8 heteroatoms. The Balaban J connectivity index is 0.00000272. The molecule has 2 saturated carbocycles. The monoisotopic (exact) mass is 537 g/mol. The van der Waals surface area contributed by atoms with Gasteiger partial charge in [-0.2, -0.15) is 0 Å². The number of oxazole rings is 1. The average Bonchev–Trinajstić information content (AvgIpc) is 3.47. The molecule has 1 heterocycles. The molecule has 31 heavy (non-hydrogen) atoms. The Labute approximate surface area is 201 Å². The molecule has 2 bridgehead atoms. The lowest BCUT2D eigenvalue weighted by Gasteiger charge is -2.25. The van der Waals surface area contributed by atoms with Gasteiger partial charge in [0.2, 0.25) is 11.8 Å². The van der Waals surface area contributed by atoms with Crippen molar-refractivity contribution in [2.24, 2.45) is 16.8 Å². The number of carbonyl (C=O) groups is 1. The van der Waals surface area contributed by atoms with Gasteiger partial charge in [-0.15, -0.1) is 24.0 Å². The lowest BCUT2D eigenvalue weighted by Crippen LogP contribution is -2.48. The largest absolute Gasteiger partial charge is 0.444 e. The smallest absolute Gasteiger partial charge is 0.241 e. The van der Waals surface area contributed by atoms with Crippen LogP contribution in [0.4, 0.5) is 0 Å². The van der Waals surface area contributed by atoms with Gasteiger partial charge in [-0.1, -0.05) is 24.1 Å². The Morgan fingerprint density at radius 3 is 2.65 bits per heavy atom. The predicted octanol–water partition coefficient (Wildman–Crippen LogP) is 3.58. The van der Waals surface area contributed by atoms with Crippen LogP contribution in [0.2, 0.25) is 0 Å². The molecule has 0 saturated heterocycles. The van der Waals surface area contributed by atoms with Crippen LogP contribution in [0.1, 0.15) is 36.9 Å². The summed E-state index contributed by atoms with van der Waals surface area (Å²) in [4.78, 5) is 22.9. The summed E-state index contributed by atoms with van der Waals surface area (Å²) in [6.07, 6.45) is 6.79. The van der Waals surface area contributed by atoms with Crippen LogP contribution in [0.3, 0.4) is 0 Å². The topological polar surface area (TPSA) is 82.8 Å². The number of rotatable bonds is 6. The van der Waals surface area contributed by atoms with Crippen molar-refractivity contribution in [3.8, 4) is 11.5 Å². The van der Waals surface area contributed by atoms with Crippen molar-refractivity contribution >= 4 is 35.8 Å². The zero-order valence-corrected chi connectivity index (χ0v) is 20.8. The van der Waals surface area contributed by atoms with Gasteiger partial charge in [0.25, 0.3) is 0 Å². The van der Waals surface area contributed by atoms with E-state index in [-0.39, 0.29) is 36.4 Å². The number of halogens is 1. The fourth-order valence-corrected chi connectivity index (χ4v) is 4.44. The van der Waals surface area contributed by atoms with Crippen molar-refractivity contribution in [2.45, 2.75) is 45.2 Å². The molecule has 3 atom stereocenters. The summed E-state index contributed by atoms with van der Waals surface area (Å²) in [5, 5.41) is 6.76. The highest BCUT2D eigenvalue weighted by Gasteiger charge is 2.39. The quantitative estimate of drug-likeness (QED) is 0.335. The molecule has 168 valence electrons. The Morgan fingerprint density at radius 2 is 2.00 bits per heavy atom. The first-order valence-corrected chi connectivity index (χ1v) is 10.7. The third-order valence-electron chi connectivity index (χ3n) is 6.22. The minimum absolute atomic E-state index is 0. The summed E-state index contributed by atoms with van der Waals surface area (Å²) in [6.45, 7) is 2.66. The van der Waals surface area contributed by atoms with Crippen molar-refractivity contribution in [3.05, 3.63) is 41.8 Å². The number of guanidine groups is 1. The first-order chi connectivity index (χ1) is 14.5. The molecule has 1 amide bonds. The van der Waals surface area contributed by atoms with Crippen LogP contribution in [-0.4, -0.2) is 48.4 Å². The number of benzene rings is 1. The van der Waals surface area contributed by atoms with Gasteiger partial charge in [0, 0.05) is 25.7 Å². The number of nitrogens with one attached hydrogen (secondary N) is 2. The van der Waals surface area contributed by atoms with Gasteiger partial charge in [0.05, 0.1) is 13.1 Å². The van der Waals surface area contributed by atoms with E-state index in [1.54, 1.807) is 25.3 Å². The van der Waals surface area contributed by atoms with Crippen LogP contribution in [-0.2, 0) is 11.3 Å². The van der Waals surface area contributed by atoms with Crippen molar-refractivity contribution in [1.29, 1.82) is 0 Å². The molecule has 2 aromatic rings. The molecule has 0 spiro atoms. The second-order valence-corrected chi connectivity index (χ2v) is 8.74. The van der Waals surface area contributed by atoms with Crippen molar-refractivity contribution in [3.63, 3.8) is 0 Å². The van der Waals surface area contributed by atoms with Gasteiger partial charge in [0.1, 0.15) is 12.0 Å². The third-order valence-corrected chi connectivity index (χ3v) is 6.22. The van der Waals surface area contributed by atoms with Gasteiger partial charge in [-0.05, 0) is 50.2 Å². The zero-order valence-electron chi connectivity index (χ0n) is 18.4. The van der Waals surface area contributed by atoms with Crippen molar-refractivity contribution in [2.75, 3.05) is 20.6 Å². The van der Waals surface area contributed by atoms with Crippen LogP contribution >= 0.6 is 24.0 Å². The second kappa shape index (κ2) is 10.5. The highest BCUT2D eigenvalue weighted by molar-refractivity contribution is 14.0. The molecule has 0 radical (unpaired) electrons. The normalized spacial score (nSPS) is 22.2. The van der Waals surface area contributed by atoms with Gasteiger partial charge >= 0.3 is 0 Å². The van der Waals surface area contributed by atoms with E-state index in [0.29, 0.717) is 30.4 Å². The number of amides is 1. The molecule has 2 aliphatic rings. The summed E-state index contributed by atoms with van der Waals surface area (Å²) >= 11 is 0. The summed E-state index contributed by atoms with van der Waals surface area (Å²) in [5.41, 5.74) is 2.91. The lowest BCUT2D eigenvalue weighted by molar-refractivity contribution is -0.127. The zero-order chi connectivity index (χ0) is 21.1. The maximum atomic E-state index is 12.0. The lowest BCUT2D eigenvalue weighted by atomic mass is 9.95. The molecular weight excluding hydrogens is 505 g/mol. The van der Waals surface area contributed by atoms with Gasteiger partial charge in [-0.3, -0.25) is 4.79 Å². The van der Waals surface area contributed by atoms with Gasteiger partial charge in [-0.25, -0.2) is 9.98 Å². The van der Waals surface area contributed by atoms with Crippen LogP contribution in [0.5, 0.6) is 0 Å². The van der Waals surface area contributed by atoms with E-state index in [1.807, 2.05) is 24.3 Å². The number of aryl methyl sites for hydroxylation is 1. The number of aromatic nitrogens is 1. The van der Waals surface area contributed by atoms with E-state index >= 15 is 0 Å². The molecule has 1 aromatic heterocycles. The van der Waals surface area contributed by atoms with E-state index in [9.17, 15) is 4.79 Å². The van der Waals surface area contributed by atoms with E-state index in [2.05, 4.69) is 22.5 Å². The first-order valence-electron chi connectivity index (χ1n) is 10.7. The third kappa shape index (κ3) is 5.99. The Bertz CT molecular complexity index is 909. The van der Waals surface area contributed by atoms with Crippen LogP contribution in [0.15, 0.2) is 39.9 Å². The van der Waals surface area contributed by atoms with Crippen molar-refractivity contribution in [1.82, 2.24) is 20.5 Å². The second-order valence-electron chi connectivity index (χ2n) is 8.74. The number of likely N-dealkylation sites (N-methyl/N-ethyl adjacent to an activating group) is 1. The van der Waals surface area contributed by atoms with Crippen molar-refractivity contribution < 1.29 is 9.21 Å². The molecule has 2 fully saturated rings. The summed E-state index contributed by atoms with van der Waals surface area (Å²) in [6, 6.07) is 8.53. The maximum Gasteiger partial charge on any atom is 0.241 e. The Kier molecular flexibility index (Phi) is 7.96. The number of nitrogens with zero attached hydrogens (tertiary/aromatic N) is 3.